The molecule has 5 heteroatoms. The summed E-state index contributed by atoms with van der Waals surface area (Å²) in [6.45, 7) is 5.42. The number of hydrogen-bond acceptors (Lipinski definition) is 4. The molecule has 0 aliphatic heterocycles. The Morgan fingerprint density at radius 2 is 1.69 bits per heavy atom. The molecule has 0 aliphatic carbocycles. The Morgan fingerprint density at radius 3 is 2.31 bits per heavy atom. The van der Waals surface area contributed by atoms with Crippen molar-refractivity contribution in [1.29, 1.82) is 0 Å². The van der Waals surface area contributed by atoms with Gasteiger partial charge in [-0.15, -0.1) is 0 Å². The molecule has 0 heterocycles. The van der Waals surface area contributed by atoms with E-state index in [2.05, 4.69) is 19.2 Å². The molecule has 0 fully saturated rings. The van der Waals surface area contributed by atoms with E-state index < -0.39 is 0 Å². The smallest absolute Gasteiger partial charge is 0.251 e. The predicted octanol–water partition coefficient (Wildman–Crippen LogP) is 4.06. The number of amides is 1. The Kier molecular flexibility index (Phi) is 7.33. The van der Waals surface area contributed by atoms with Crippen LogP contribution in [-0.2, 0) is 6.54 Å². The van der Waals surface area contributed by atoms with Gasteiger partial charge in [0.05, 0.1) is 20.8 Å². The maximum absolute atomic E-state index is 12.3. The molecule has 0 spiro atoms. The van der Waals surface area contributed by atoms with Gasteiger partial charge in [-0.05, 0) is 54.3 Å². The Morgan fingerprint density at radius 1 is 1.00 bits per heavy atom. The summed E-state index contributed by atoms with van der Waals surface area (Å²) in [7, 11) is 3.18. The molecule has 0 saturated heterocycles. The summed E-state index contributed by atoms with van der Waals surface area (Å²) in [5.74, 6) is 2.56. The zero-order valence-electron chi connectivity index (χ0n) is 15.9. The van der Waals surface area contributed by atoms with Crippen molar-refractivity contribution in [3.63, 3.8) is 0 Å². The van der Waals surface area contributed by atoms with Crippen molar-refractivity contribution < 1.29 is 19.0 Å². The van der Waals surface area contributed by atoms with E-state index in [9.17, 15) is 4.79 Å². The second-order valence-electron chi connectivity index (χ2n) is 6.43. The van der Waals surface area contributed by atoms with Crippen LogP contribution in [0.25, 0.3) is 0 Å². The van der Waals surface area contributed by atoms with E-state index in [-0.39, 0.29) is 5.91 Å². The summed E-state index contributed by atoms with van der Waals surface area (Å²) in [6, 6.07) is 12.8. The molecule has 0 radical (unpaired) electrons. The first kappa shape index (κ1) is 19.6. The van der Waals surface area contributed by atoms with Crippen molar-refractivity contribution in [3.05, 3.63) is 53.6 Å². The topological polar surface area (TPSA) is 56.8 Å². The SMILES string of the molecule is COc1ccc(CNC(=O)c2ccc(OCCC(C)C)cc2)cc1OC. The number of carbonyl (C=O) groups is 1. The monoisotopic (exact) mass is 357 g/mol. The molecule has 0 unspecified atom stereocenters. The summed E-state index contributed by atoms with van der Waals surface area (Å²) in [4.78, 5) is 12.3. The highest BCUT2D eigenvalue weighted by molar-refractivity contribution is 5.94. The molecule has 0 bridgehead atoms. The lowest BCUT2D eigenvalue weighted by molar-refractivity contribution is 0.0951. The highest BCUT2D eigenvalue weighted by Gasteiger charge is 2.08. The third-order valence-electron chi connectivity index (χ3n) is 3.98. The van der Waals surface area contributed by atoms with Crippen LogP contribution in [0, 0.1) is 5.92 Å². The van der Waals surface area contributed by atoms with Crippen LogP contribution >= 0.6 is 0 Å². The van der Waals surface area contributed by atoms with Crippen molar-refractivity contribution in [1.82, 2.24) is 5.32 Å². The molecule has 2 aromatic rings. The lowest BCUT2D eigenvalue weighted by atomic mass is 10.1. The highest BCUT2D eigenvalue weighted by Crippen LogP contribution is 2.27. The van der Waals surface area contributed by atoms with Crippen LogP contribution in [0.1, 0.15) is 36.2 Å². The minimum Gasteiger partial charge on any atom is -0.494 e. The second-order valence-corrected chi connectivity index (χ2v) is 6.43. The van der Waals surface area contributed by atoms with Crippen LogP contribution in [0.15, 0.2) is 42.5 Å². The van der Waals surface area contributed by atoms with E-state index in [1.165, 1.54) is 0 Å². The fourth-order valence-electron chi connectivity index (χ4n) is 2.39. The zero-order chi connectivity index (χ0) is 18.9. The lowest BCUT2D eigenvalue weighted by Gasteiger charge is -2.11. The number of hydrogen-bond donors (Lipinski definition) is 1. The Labute approximate surface area is 155 Å². The van der Waals surface area contributed by atoms with Crippen molar-refractivity contribution >= 4 is 5.91 Å². The number of benzene rings is 2. The van der Waals surface area contributed by atoms with Gasteiger partial charge < -0.3 is 19.5 Å². The van der Waals surface area contributed by atoms with Crippen molar-refractivity contribution in [2.75, 3.05) is 20.8 Å². The lowest BCUT2D eigenvalue weighted by Crippen LogP contribution is -2.22. The van der Waals surface area contributed by atoms with Gasteiger partial charge in [0.1, 0.15) is 5.75 Å². The van der Waals surface area contributed by atoms with Crippen molar-refractivity contribution in [2.45, 2.75) is 26.8 Å². The molecule has 0 atom stereocenters. The normalized spacial score (nSPS) is 10.5. The summed E-state index contributed by atoms with van der Waals surface area (Å²) >= 11 is 0. The first-order valence-electron chi connectivity index (χ1n) is 8.75. The van der Waals surface area contributed by atoms with Gasteiger partial charge in [0.2, 0.25) is 0 Å². The molecule has 0 saturated carbocycles. The summed E-state index contributed by atoms with van der Waals surface area (Å²) in [5, 5.41) is 2.91. The highest BCUT2D eigenvalue weighted by atomic mass is 16.5. The first-order valence-corrected chi connectivity index (χ1v) is 8.75. The maximum Gasteiger partial charge on any atom is 0.251 e. The molecule has 0 aliphatic rings. The van der Waals surface area contributed by atoms with Crippen LogP contribution in [-0.4, -0.2) is 26.7 Å². The van der Waals surface area contributed by atoms with Crippen LogP contribution in [0.2, 0.25) is 0 Å². The quantitative estimate of drug-likeness (QED) is 0.735. The average molecular weight is 357 g/mol. The molecule has 5 nitrogen and oxygen atoms in total. The van der Waals surface area contributed by atoms with E-state index in [0.29, 0.717) is 36.1 Å². The molecule has 26 heavy (non-hydrogen) atoms. The minimum atomic E-state index is -0.131. The third-order valence-corrected chi connectivity index (χ3v) is 3.98. The zero-order valence-corrected chi connectivity index (χ0v) is 15.9. The van der Waals surface area contributed by atoms with Crippen LogP contribution in [0.4, 0.5) is 0 Å². The van der Waals surface area contributed by atoms with E-state index in [1.807, 2.05) is 30.3 Å². The van der Waals surface area contributed by atoms with Crippen molar-refractivity contribution in [2.24, 2.45) is 5.92 Å². The van der Waals surface area contributed by atoms with Crippen LogP contribution < -0.4 is 19.5 Å². The number of ether oxygens (including phenoxy) is 3. The first-order chi connectivity index (χ1) is 12.5. The van der Waals surface area contributed by atoms with Crippen LogP contribution in [0.5, 0.6) is 17.2 Å². The van der Waals surface area contributed by atoms with E-state index in [0.717, 1.165) is 17.7 Å². The van der Waals surface area contributed by atoms with Gasteiger partial charge in [-0.1, -0.05) is 19.9 Å². The van der Waals surface area contributed by atoms with Gasteiger partial charge >= 0.3 is 0 Å². The summed E-state index contributed by atoms with van der Waals surface area (Å²) in [5.41, 5.74) is 1.53. The Balaban J connectivity index is 1.89. The summed E-state index contributed by atoms with van der Waals surface area (Å²) in [6.07, 6.45) is 1.01. The third kappa shape index (κ3) is 5.69. The predicted molar refractivity (Wildman–Crippen MR) is 102 cm³/mol. The number of nitrogens with one attached hydrogen (secondary N) is 1. The molecule has 2 aromatic carbocycles. The standard InChI is InChI=1S/C21H27NO4/c1-15(2)11-12-26-18-8-6-17(7-9-18)21(23)22-14-16-5-10-19(24-3)20(13-16)25-4/h5-10,13,15H,11-12,14H2,1-4H3,(H,22,23). The van der Waals surface area contributed by atoms with Gasteiger partial charge in [0.15, 0.2) is 11.5 Å². The largest absolute Gasteiger partial charge is 0.494 e. The maximum atomic E-state index is 12.3. The summed E-state index contributed by atoms with van der Waals surface area (Å²) < 4.78 is 16.2. The van der Waals surface area contributed by atoms with Gasteiger partial charge in [-0.3, -0.25) is 4.79 Å². The van der Waals surface area contributed by atoms with Gasteiger partial charge in [0.25, 0.3) is 5.91 Å². The average Bonchev–Trinajstić information content (AvgIpc) is 2.66. The van der Waals surface area contributed by atoms with Gasteiger partial charge in [-0.2, -0.15) is 0 Å². The Hall–Kier alpha value is -2.69. The minimum absolute atomic E-state index is 0.131. The Bertz CT molecular complexity index is 710. The van der Waals surface area contributed by atoms with E-state index >= 15 is 0 Å². The van der Waals surface area contributed by atoms with Gasteiger partial charge in [0, 0.05) is 12.1 Å². The molecule has 0 aromatic heterocycles. The number of methoxy groups -OCH3 is 2. The molecule has 1 amide bonds. The molecular weight excluding hydrogens is 330 g/mol. The van der Waals surface area contributed by atoms with Crippen LogP contribution in [0.3, 0.4) is 0 Å². The fraction of sp³-hybridized carbons (Fsp3) is 0.381. The molecule has 1 N–H and O–H groups in total. The van der Waals surface area contributed by atoms with Crippen molar-refractivity contribution in [3.8, 4) is 17.2 Å². The number of carbonyl (C=O) groups excluding carboxylic acids is 1. The molecular formula is C21H27NO4. The molecule has 2 rings (SSSR count). The fourth-order valence-corrected chi connectivity index (χ4v) is 2.39. The van der Waals surface area contributed by atoms with E-state index in [4.69, 9.17) is 14.2 Å². The number of rotatable bonds is 9. The van der Waals surface area contributed by atoms with E-state index in [1.54, 1.807) is 26.4 Å². The molecule has 140 valence electrons. The second kappa shape index (κ2) is 9.70. The van der Waals surface area contributed by atoms with Gasteiger partial charge in [-0.25, -0.2) is 0 Å².